The van der Waals surface area contributed by atoms with E-state index in [2.05, 4.69) is 45.3 Å². The van der Waals surface area contributed by atoms with Crippen molar-refractivity contribution in [2.24, 2.45) is 10.2 Å². The number of hydrogen-bond donors (Lipinski definition) is 4. The van der Waals surface area contributed by atoms with Gasteiger partial charge in [0, 0.05) is 26.2 Å². The fourth-order valence-corrected chi connectivity index (χ4v) is 2.54. The minimum atomic E-state index is 0.239. The lowest BCUT2D eigenvalue weighted by molar-refractivity contribution is 0.385. The van der Waals surface area contributed by atoms with Gasteiger partial charge in [-0.15, -0.1) is 0 Å². The van der Waals surface area contributed by atoms with Gasteiger partial charge in [-0.05, 0) is 12.8 Å². The van der Waals surface area contributed by atoms with Gasteiger partial charge in [0.1, 0.15) is 0 Å². The molecule has 6 heteroatoms. The number of nitrogens with zero attached hydrogens (tertiary/aromatic N) is 2. The fourth-order valence-electron chi connectivity index (χ4n) is 2.54. The molecule has 0 aromatic carbocycles. The van der Waals surface area contributed by atoms with Crippen molar-refractivity contribution in [1.29, 1.82) is 0 Å². The zero-order valence-corrected chi connectivity index (χ0v) is 11.4. The van der Waals surface area contributed by atoms with Crippen molar-refractivity contribution in [3.63, 3.8) is 0 Å². The van der Waals surface area contributed by atoms with Gasteiger partial charge in [-0.3, -0.25) is 21.3 Å². The molecule has 0 aliphatic carbocycles. The largest absolute Gasteiger partial charge is 0.299 e. The van der Waals surface area contributed by atoms with Gasteiger partial charge in [0.05, 0.1) is 24.4 Å². The molecular weight excluding hydrogens is 228 g/mol. The van der Waals surface area contributed by atoms with E-state index in [0.29, 0.717) is 12.3 Å². The Kier molecular flexibility index (Phi) is 5.49. The summed E-state index contributed by atoms with van der Waals surface area (Å²) >= 11 is 0. The summed E-state index contributed by atoms with van der Waals surface area (Å²) in [7, 11) is 0. The number of azo groups is 1. The van der Waals surface area contributed by atoms with Crippen molar-refractivity contribution in [2.45, 2.75) is 51.1 Å². The molecule has 2 heterocycles. The second-order valence-electron chi connectivity index (χ2n) is 4.95. The molecule has 18 heavy (non-hydrogen) atoms. The van der Waals surface area contributed by atoms with Crippen molar-refractivity contribution in [2.75, 3.05) is 26.2 Å². The lowest BCUT2D eigenvalue weighted by Crippen LogP contribution is -2.43. The van der Waals surface area contributed by atoms with Gasteiger partial charge in [0.15, 0.2) is 0 Å². The summed E-state index contributed by atoms with van der Waals surface area (Å²) in [5.74, 6) is 0. The van der Waals surface area contributed by atoms with Crippen molar-refractivity contribution in [3.05, 3.63) is 0 Å². The molecule has 104 valence electrons. The number of rotatable bonds is 6. The molecule has 0 bridgehead atoms. The zero-order valence-electron chi connectivity index (χ0n) is 11.4. The number of hydrogen-bond acceptors (Lipinski definition) is 6. The van der Waals surface area contributed by atoms with E-state index in [1.807, 2.05) is 0 Å². The third-order valence-electron chi connectivity index (χ3n) is 3.68. The summed E-state index contributed by atoms with van der Waals surface area (Å²) in [6.45, 7) is 8.44. The molecule has 2 unspecified atom stereocenters. The standard InChI is InChI=1S/C12H26N6/c1-3-9(11-13-5-6-14-11)17-18-10(4-2)12-15-7-8-16-12/h9-16H,3-8H2,1-2H3. The Morgan fingerprint density at radius 3 is 1.39 bits per heavy atom. The van der Waals surface area contributed by atoms with Gasteiger partial charge >= 0.3 is 0 Å². The first-order chi connectivity index (χ1) is 8.85. The van der Waals surface area contributed by atoms with E-state index in [-0.39, 0.29) is 12.1 Å². The Labute approximate surface area is 109 Å². The van der Waals surface area contributed by atoms with Crippen LogP contribution in [0, 0.1) is 0 Å². The summed E-state index contributed by atoms with van der Waals surface area (Å²) in [5.41, 5.74) is 0. The van der Waals surface area contributed by atoms with Crippen LogP contribution in [0.4, 0.5) is 0 Å². The Balaban J connectivity index is 1.88. The van der Waals surface area contributed by atoms with E-state index >= 15 is 0 Å². The van der Waals surface area contributed by atoms with Gasteiger partial charge in [0.25, 0.3) is 0 Å². The van der Waals surface area contributed by atoms with Crippen LogP contribution in [-0.2, 0) is 0 Å². The smallest absolute Gasteiger partial charge is 0.0989 e. The average molecular weight is 254 g/mol. The zero-order chi connectivity index (χ0) is 12.8. The monoisotopic (exact) mass is 254 g/mol. The van der Waals surface area contributed by atoms with E-state index in [9.17, 15) is 0 Å². The van der Waals surface area contributed by atoms with Gasteiger partial charge in [0.2, 0.25) is 0 Å². The third kappa shape index (κ3) is 3.47. The predicted octanol–water partition coefficient (Wildman–Crippen LogP) is 0.0336. The molecule has 0 spiro atoms. The van der Waals surface area contributed by atoms with Crippen LogP contribution in [0.15, 0.2) is 10.2 Å². The molecule has 0 saturated carbocycles. The van der Waals surface area contributed by atoms with Gasteiger partial charge in [-0.1, -0.05) is 13.8 Å². The van der Waals surface area contributed by atoms with Gasteiger partial charge < -0.3 is 0 Å². The van der Waals surface area contributed by atoms with Crippen LogP contribution >= 0.6 is 0 Å². The molecule has 2 saturated heterocycles. The highest BCUT2D eigenvalue weighted by atomic mass is 15.3. The molecule has 2 atom stereocenters. The van der Waals surface area contributed by atoms with Crippen LogP contribution < -0.4 is 21.3 Å². The molecule has 4 N–H and O–H groups in total. The van der Waals surface area contributed by atoms with Crippen molar-refractivity contribution < 1.29 is 0 Å². The summed E-state index contributed by atoms with van der Waals surface area (Å²) in [5, 5.41) is 22.8. The third-order valence-corrected chi connectivity index (χ3v) is 3.68. The molecule has 2 aliphatic heterocycles. The molecule has 0 aromatic heterocycles. The Bertz CT molecular complexity index is 231. The first-order valence-electron chi connectivity index (χ1n) is 7.18. The lowest BCUT2D eigenvalue weighted by atomic mass is 10.2. The maximum absolute atomic E-state index is 4.56. The van der Waals surface area contributed by atoms with Gasteiger partial charge in [-0.2, -0.15) is 10.2 Å². The van der Waals surface area contributed by atoms with E-state index in [0.717, 1.165) is 39.0 Å². The van der Waals surface area contributed by atoms with Crippen LogP contribution in [0.5, 0.6) is 0 Å². The summed E-state index contributed by atoms with van der Waals surface area (Å²) in [6.07, 6.45) is 2.60. The highest BCUT2D eigenvalue weighted by Crippen LogP contribution is 2.10. The van der Waals surface area contributed by atoms with Crippen LogP contribution in [-0.4, -0.2) is 50.6 Å². The minimum absolute atomic E-state index is 0.239. The first kappa shape index (κ1) is 13.9. The average Bonchev–Trinajstić information content (AvgIpc) is 3.07. The van der Waals surface area contributed by atoms with Crippen LogP contribution in [0.3, 0.4) is 0 Å². The summed E-state index contributed by atoms with van der Waals surface area (Å²) in [6, 6.07) is 0.478. The quantitative estimate of drug-likeness (QED) is 0.505. The van der Waals surface area contributed by atoms with Crippen LogP contribution in [0.1, 0.15) is 26.7 Å². The van der Waals surface area contributed by atoms with Gasteiger partial charge in [-0.25, -0.2) is 0 Å². The first-order valence-corrected chi connectivity index (χ1v) is 7.18. The molecule has 2 rings (SSSR count). The molecular formula is C12H26N6. The van der Waals surface area contributed by atoms with E-state index < -0.39 is 0 Å². The van der Waals surface area contributed by atoms with E-state index in [4.69, 9.17) is 0 Å². The normalized spacial score (nSPS) is 26.1. The second-order valence-corrected chi connectivity index (χ2v) is 4.95. The molecule has 0 aromatic rings. The van der Waals surface area contributed by atoms with Crippen molar-refractivity contribution in [1.82, 2.24) is 21.3 Å². The molecule has 2 aliphatic rings. The predicted molar refractivity (Wildman–Crippen MR) is 72.6 cm³/mol. The summed E-state index contributed by atoms with van der Waals surface area (Å²) < 4.78 is 0. The topological polar surface area (TPSA) is 72.8 Å². The Morgan fingerprint density at radius 1 is 0.778 bits per heavy atom. The van der Waals surface area contributed by atoms with E-state index in [1.54, 1.807) is 0 Å². The van der Waals surface area contributed by atoms with Crippen molar-refractivity contribution >= 4 is 0 Å². The SMILES string of the molecule is CCC(N=NC(CC)C1NCCN1)C1NCCN1. The van der Waals surface area contributed by atoms with Crippen molar-refractivity contribution in [3.8, 4) is 0 Å². The minimum Gasteiger partial charge on any atom is -0.299 e. The summed E-state index contributed by atoms with van der Waals surface area (Å²) in [4.78, 5) is 0. The highest BCUT2D eigenvalue weighted by Gasteiger charge is 2.25. The Hall–Kier alpha value is -0.560. The van der Waals surface area contributed by atoms with Crippen LogP contribution in [0.2, 0.25) is 0 Å². The maximum Gasteiger partial charge on any atom is 0.0989 e. The molecule has 0 radical (unpaired) electrons. The fraction of sp³-hybridized carbons (Fsp3) is 1.00. The second kappa shape index (κ2) is 7.13. The maximum atomic E-state index is 4.56. The highest BCUT2D eigenvalue weighted by molar-refractivity contribution is 4.86. The molecule has 2 fully saturated rings. The molecule has 6 nitrogen and oxygen atoms in total. The van der Waals surface area contributed by atoms with E-state index in [1.165, 1.54) is 0 Å². The number of nitrogens with one attached hydrogen (secondary N) is 4. The lowest BCUT2D eigenvalue weighted by Gasteiger charge is -2.21. The Morgan fingerprint density at radius 2 is 1.11 bits per heavy atom. The molecule has 0 amide bonds. The van der Waals surface area contributed by atoms with Crippen LogP contribution in [0.25, 0.3) is 0 Å².